The van der Waals surface area contributed by atoms with E-state index in [1.165, 1.54) is 18.2 Å². The van der Waals surface area contributed by atoms with Gasteiger partial charge in [-0.15, -0.1) is 0 Å². The van der Waals surface area contributed by atoms with Gasteiger partial charge in [-0.25, -0.2) is 0 Å². The van der Waals surface area contributed by atoms with Gasteiger partial charge in [-0.2, -0.15) is 0 Å². The third-order valence-corrected chi connectivity index (χ3v) is 1.83. The number of non-ortho nitro benzene ring substituents is 1. The lowest BCUT2D eigenvalue weighted by molar-refractivity contribution is -0.384. The Labute approximate surface area is 92.7 Å². The highest BCUT2D eigenvalue weighted by Gasteiger charge is 2.14. The summed E-state index contributed by atoms with van der Waals surface area (Å²) in [6.07, 6.45) is -0.0837. The van der Waals surface area contributed by atoms with E-state index in [4.69, 9.17) is 15.9 Å². The maximum Gasteiger partial charge on any atom is 0.270 e. The van der Waals surface area contributed by atoms with Crippen molar-refractivity contribution in [2.45, 2.75) is 20.0 Å². The van der Waals surface area contributed by atoms with Gasteiger partial charge < -0.3 is 10.5 Å². The van der Waals surface area contributed by atoms with E-state index >= 15 is 0 Å². The van der Waals surface area contributed by atoms with Crippen molar-refractivity contribution in [3.8, 4) is 5.75 Å². The predicted octanol–water partition coefficient (Wildman–Crippen LogP) is 1.67. The van der Waals surface area contributed by atoms with Crippen molar-refractivity contribution in [1.29, 1.82) is 5.41 Å². The summed E-state index contributed by atoms with van der Waals surface area (Å²) in [6.45, 7) is 3.65. The lowest BCUT2D eigenvalue weighted by Gasteiger charge is -2.13. The van der Waals surface area contributed by atoms with E-state index in [-0.39, 0.29) is 23.2 Å². The van der Waals surface area contributed by atoms with Crippen molar-refractivity contribution in [1.82, 2.24) is 0 Å². The molecule has 0 aromatic heterocycles. The van der Waals surface area contributed by atoms with Crippen LogP contribution in [-0.2, 0) is 0 Å². The number of nitro groups is 1. The smallest absolute Gasteiger partial charge is 0.270 e. The van der Waals surface area contributed by atoms with Gasteiger partial charge in [0.15, 0.2) is 0 Å². The van der Waals surface area contributed by atoms with E-state index in [9.17, 15) is 10.1 Å². The maximum absolute atomic E-state index is 10.6. The maximum atomic E-state index is 10.6. The highest BCUT2D eigenvalue weighted by molar-refractivity contribution is 5.98. The van der Waals surface area contributed by atoms with Crippen molar-refractivity contribution in [3.63, 3.8) is 0 Å². The van der Waals surface area contributed by atoms with Crippen LogP contribution >= 0.6 is 0 Å². The molecule has 3 N–H and O–H groups in total. The third kappa shape index (κ3) is 2.69. The van der Waals surface area contributed by atoms with Crippen molar-refractivity contribution in [3.05, 3.63) is 33.9 Å². The summed E-state index contributed by atoms with van der Waals surface area (Å²) >= 11 is 0. The van der Waals surface area contributed by atoms with Gasteiger partial charge in [-0.3, -0.25) is 15.5 Å². The second kappa shape index (κ2) is 4.61. The molecule has 0 fully saturated rings. The first-order valence-electron chi connectivity index (χ1n) is 4.71. The van der Waals surface area contributed by atoms with Gasteiger partial charge >= 0.3 is 0 Å². The second-order valence-electron chi connectivity index (χ2n) is 3.52. The summed E-state index contributed by atoms with van der Waals surface area (Å²) in [7, 11) is 0. The second-order valence-corrected chi connectivity index (χ2v) is 3.52. The molecule has 0 amide bonds. The highest BCUT2D eigenvalue weighted by Crippen LogP contribution is 2.24. The van der Waals surface area contributed by atoms with Crippen molar-refractivity contribution in [2.24, 2.45) is 5.73 Å². The lowest BCUT2D eigenvalue weighted by Crippen LogP contribution is -2.15. The number of nitrogens with one attached hydrogen (secondary N) is 1. The van der Waals surface area contributed by atoms with E-state index in [0.717, 1.165) is 0 Å². The summed E-state index contributed by atoms with van der Waals surface area (Å²) in [5, 5.41) is 17.9. The Morgan fingerprint density at radius 2 is 2.19 bits per heavy atom. The van der Waals surface area contributed by atoms with Crippen molar-refractivity contribution >= 4 is 11.5 Å². The molecule has 6 nitrogen and oxygen atoms in total. The number of hydrogen-bond acceptors (Lipinski definition) is 4. The predicted molar refractivity (Wildman–Crippen MR) is 59.9 cm³/mol. The average Bonchev–Trinajstić information content (AvgIpc) is 2.16. The summed E-state index contributed by atoms with van der Waals surface area (Å²) in [4.78, 5) is 10.0. The lowest BCUT2D eigenvalue weighted by atomic mass is 10.1. The molecule has 0 atom stereocenters. The van der Waals surface area contributed by atoms with Crippen LogP contribution in [0, 0.1) is 15.5 Å². The molecule has 0 spiro atoms. The van der Waals surface area contributed by atoms with Crippen molar-refractivity contribution < 1.29 is 9.66 Å². The summed E-state index contributed by atoms with van der Waals surface area (Å²) < 4.78 is 5.40. The monoisotopic (exact) mass is 223 g/mol. The van der Waals surface area contributed by atoms with Crippen LogP contribution < -0.4 is 10.5 Å². The molecule has 0 saturated heterocycles. The summed E-state index contributed by atoms with van der Waals surface area (Å²) in [5.41, 5.74) is 5.47. The minimum atomic E-state index is -0.536. The third-order valence-electron chi connectivity index (χ3n) is 1.83. The molecule has 0 aliphatic carbocycles. The first-order chi connectivity index (χ1) is 7.41. The SMILES string of the molecule is CC(C)Oc1ccc([N+](=O)[O-])cc1C(=N)N. The molecule has 86 valence electrons. The number of nitrogen functional groups attached to an aromatic ring is 1. The van der Waals surface area contributed by atoms with Crippen LogP contribution in [0.25, 0.3) is 0 Å². The number of amidine groups is 1. The number of hydrogen-bond donors (Lipinski definition) is 2. The molecule has 16 heavy (non-hydrogen) atoms. The normalized spacial score (nSPS) is 10.2. The Morgan fingerprint density at radius 3 is 2.62 bits per heavy atom. The van der Waals surface area contributed by atoms with Gasteiger partial charge in [0.05, 0.1) is 16.6 Å². The molecule has 0 saturated carbocycles. The molecule has 0 unspecified atom stereocenters. The molecule has 0 heterocycles. The zero-order valence-electron chi connectivity index (χ0n) is 9.06. The van der Waals surface area contributed by atoms with Gasteiger partial charge in [0.25, 0.3) is 5.69 Å². The Morgan fingerprint density at radius 1 is 1.56 bits per heavy atom. The van der Waals surface area contributed by atoms with E-state index < -0.39 is 4.92 Å². The standard InChI is InChI=1S/C10H13N3O3/c1-6(2)16-9-4-3-7(13(14)15)5-8(9)10(11)12/h3-6H,1-2H3,(H3,11,12). The van der Waals surface area contributed by atoms with Crippen LogP contribution in [0.2, 0.25) is 0 Å². The number of nitrogens with two attached hydrogens (primary N) is 1. The van der Waals surface area contributed by atoms with Gasteiger partial charge in [0.2, 0.25) is 0 Å². The van der Waals surface area contributed by atoms with E-state index in [1.807, 2.05) is 13.8 Å². The van der Waals surface area contributed by atoms with Crippen LogP contribution in [0.4, 0.5) is 5.69 Å². The van der Waals surface area contributed by atoms with E-state index in [0.29, 0.717) is 5.75 Å². The number of ether oxygens (including phenoxy) is 1. The zero-order chi connectivity index (χ0) is 12.3. The summed E-state index contributed by atoms with van der Waals surface area (Å²) in [5.74, 6) is 0.132. The molecule has 1 aromatic carbocycles. The first kappa shape index (κ1) is 12.0. The molecule has 0 radical (unpaired) electrons. The van der Waals surface area contributed by atoms with Crippen LogP contribution in [0.3, 0.4) is 0 Å². The molecule has 0 aliphatic rings. The average molecular weight is 223 g/mol. The van der Waals surface area contributed by atoms with Crippen LogP contribution in [-0.4, -0.2) is 16.9 Å². The number of benzene rings is 1. The van der Waals surface area contributed by atoms with E-state index in [1.54, 1.807) is 0 Å². The minimum absolute atomic E-state index is 0.0837. The molecule has 1 rings (SSSR count). The van der Waals surface area contributed by atoms with Gasteiger partial charge in [-0.05, 0) is 19.9 Å². The largest absolute Gasteiger partial charge is 0.490 e. The first-order valence-corrected chi connectivity index (χ1v) is 4.71. The molecular weight excluding hydrogens is 210 g/mol. The molecule has 6 heteroatoms. The van der Waals surface area contributed by atoms with Gasteiger partial charge in [0, 0.05) is 12.1 Å². The van der Waals surface area contributed by atoms with Crippen LogP contribution in [0.5, 0.6) is 5.75 Å². The fourth-order valence-electron chi connectivity index (χ4n) is 1.20. The number of rotatable bonds is 4. The molecule has 0 bridgehead atoms. The van der Waals surface area contributed by atoms with Gasteiger partial charge in [-0.1, -0.05) is 0 Å². The Balaban J connectivity index is 3.19. The molecular formula is C10H13N3O3. The molecule has 1 aromatic rings. The van der Waals surface area contributed by atoms with Crippen molar-refractivity contribution in [2.75, 3.05) is 0 Å². The summed E-state index contributed by atoms with van der Waals surface area (Å²) in [6, 6.07) is 4.01. The topological polar surface area (TPSA) is 102 Å². The molecule has 0 aliphatic heterocycles. The van der Waals surface area contributed by atoms with E-state index in [2.05, 4.69) is 0 Å². The number of nitro benzene ring substituents is 1. The van der Waals surface area contributed by atoms with Crippen LogP contribution in [0.1, 0.15) is 19.4 Å². The van der Waals surface area contributed by atoms with Gasteiger partial charge in [0.1, 0.15) is 11.6 Å². The Kier molecular flexibility index (Phi) is 3.44. The fraction of sp³-hybridized carbons (Fsp3) is 0.300. The minimum Gasteiger partial charge on any atom is -0.490 e. The Hall–Kier alpha value is -2.11. The highest BCUT2D eigenvalue weighted by atomic mass is 16.6. The number of nitrogens with zero attached hydrogens (tertiary/aromatic N) is 1. The van der Waals surface area contributed by atoms with Crippen LogP contribution in [0.15, 0.2) is 18.2 Å². The Bertz CT molecular complexity index is 429. The quantitative estimate of drug-likeness (QED) is 0.350. The fourth-order valence-corrected chi connectivity index (χ4v) is 1.20. The zero-order valence-corrected chi connectivity index (χ0v) is 9.06.